The van der Waals surface area contributed by atoms with Gasteiger partial charge in [0.25, 0.3) is 0 Å². The van der Waals surface area contributed by atoms with Crippen molar-refractivity contribution >= 4 is 11.8 Å². The molecule has 0 amide bonds. The summed E-state index contributed by atoms with van der Waals surface area (Å²) in [5.74, 6) is -2.98. The Balaban J connectivity index is 3.00. The van der Waals surface area contributed by atoms with Crippen molar-refractivity contribution in [1.82, 2.24) is 0 Å². The minimum absolute atomic E-state index is 0.112. The summed E-state index contributed by atoms with van der Waals surface area (Å²) in [6.07, 6.45) is -4.77. The lowest BCUT2D eigenvalue weighted by atomic mass is 9.83. The molecule has 1 aliphatic rings. The summed E-state index contributed by atoms with van der Waals surface area (Å²) >= 11 is 0. The molecule has 0 fully saturated rings. The van der Waals surface area contributed by atoms with E-state index in [1.165, 1.54) is 0 Å². The average molecular weight is 332 g/mol. The lowest BCUT2D eigenvalue weighted by molar-refractivity contribution is -0.154. The molecule has 8 heteroatoms. The van der Waals surface area contributed by atoms with Gasteiger partial charge < -0.3 is 30.3 Å². The van der Waals surface area contributed by atoms with E-state index in [4.69, 9.17) is 14.9 Å². The Morgan fingerprint density at radius 1 is 1.30 bits per heavy atom. The maximum absolute atomic E-state index is 12.0. The van der Waals surface area contributed by atoms with Crippen molar-refractivity contribution in [2.45, 2.75) is 51.1 Å². The van der Waals surface area contributed by atoms with Gasteiger partial charge in [0.2, 0.25) is 5.76 Å². The summed E-state index contributed by atoms with van der Waals surface area (Å²) < 4.78 is 5.15. The Labute approximate surface area is 134 Å². The second kappa shape index (κ2) is 8.39. The van der Waals surface area contributed by atoms with Gasteiger partial charge in [-0.1, -0.05) is 13.8 Å². The van der Waals surface area contributed by atoms with Gasteiger partial charge >= 0.3 is 5.97 Å². The van der Waals surface area contributed by atoms with Crippen LogP contribution in [0.4, 0.5) is 0 Å². The van der Waals surface area contributed by atoms with Gasteiger partial charge in [-0.25, -0.2) is 4.79 Å². The van der Waals surface area contributed by atoms with Gasteiger partial charge in [-0.15, -0.1) is 0 Å². The van der Waals surface area contributed by atoms with Crippen LogP contribution in [0.2, 0.25) is 0 Å². The van der Waals surface area contributed by atoms with Gasteiger partial charge in [-0.3, -0.25) is 4.79 Å². The molecule has 23 heavy (non-hydrogen) atoms. The molecule has 3 unspecified atom stereocenters. The van der Waals surface area contributed by atoms with Gasteiger partial charge in [0.1, 0.15) is 24.1 Å². The van der Waals surface area contributed by atoms with Crippen LogP contribution >= 0.6 is 0 Å². The minimum Gasteiger partial charge on any atom is -0.480 e. The molecule has 132 valence electrons. The maximum atomic E-state index is 12.0. The van der Waals surface area contributed by atoms with E-state index < -0.39 is 48.7 Å². The largest absolute Gasteiger partial charge is 0.480 e. The van der Waals surface area contributed by atoms with Crippen LogP contribution in [0.1, 0.15) is 26.7 Å². The number of carboxylic acid groups (broad SMARTS) is 1. The zero-order chi connectivity index (χ0) is 17.7. The summed E-state index contributed by atoms with van der Waals surface area (Å²) in [6, 6.07) is 0. The van der Waals surface area contributed by atoms with Crippen LogP contribution in [0, 0.1) is 11.8 Å². The third-order valence-corrected chi connectivity index (χ3v) is 3.67. The highest BCUT2D eigenvalue weighted by Gasteiger charge is 2.43. The number of ketones is 1. The molecule has 5 N–H and O–H groups in total. The van der Waals surface area contributed by atoms with Crippen molar-refractivity contribution in [2.75, 3.05) is 6.61 Å². The van der Waals surface area contributed by atoms with E-state index in [2.05, 4.69) is 0 Å². The van der Waals surface area contributed by atoms with Gasteiger partial charge in [0, 0.05) is 18.8 Å². The van der Waals surface area contributed by atoms with E-state index >= 15 is 0 Å². The number of hydrogen-bond donors (Lipinski definition) is 5. The molecule has 1 heterocycles. The van der Waals surface area contributed by atoms with Crippen molar-refractivity contribution in [3.8, 4) is 0 Å². The number of Topliss-reactive ketones (excluding diaryl/α,β-unsaturated/α-hetero) is 1. The number of rotatable bonds is 8. The van der Waals surface area contributed by atoms with Crippen molar-refractivity contribution < 1.29 is 39.9 Å². The summed E-state index contributed by atoms with van der Waals surface area (Å²) in [7, 11) is 0. The standard InChI is InChI=1S/C15H24O8/c1-7(2)3-8(17)4-9-10(18)5-12(15(21)22)23-14(9)13(20)11(19)6-16/h5,7,9-11,13-14,16,18-20H,3-4,6H2,1-2H3,(H,21,22)/t9-,10-,11?,13?,14?/m1/s1. The highest BCUT2D eigenvalue weighted by atomic mass is 16.5. The highest BCUT2D eigenvalue weighted by Crippen LogP contribution is 2.30. The molecule has 0 bridgehead atoms. The molecule has 0 aliphatic carbocycles. The molecular weight excluding hydrogens is 308 g/mol. The molecule has 1 aliphatic heterocycles. The number of hydrogen-bond acceptors (Lipinski definition) is 7. The van der Waals surface area contributed by atoms with Crippen LogP contribution in [-0.2, 0) is 14.3 Å². The summed E-state index contributed by atoms with van der Waals surface area (Å²) in [5.41, 5.74) is 0. The van der Waals surface area contributed by atoms with Crippen LogP contribution < -0.4 is 0 Å². The third kappa shape index (κ3) is 5.28. The molecule has 0 aromatic carbocycles. The molecule has 0 aromatic rings. The molecule has 0 spiro atoms. The van der Waals surface area contributed by atoms with Crippen LogP contribution in [0.5, 0.6) is 0 Å². The second-order valence-corrected chi connectivity index (χ2v) is 6.15. The third-order valence-electron chi connectivity index (χ3n) is 3.67. The Morgan fingerprint density at radius 2 is 1.91 bits per heavy atom. The molecule has 0 saturated heterocycles. The van der Waals surface area contributed by atoms with Crippen LogP contribution in [0.3, 0.4) is 0 Å². The van der Waals surface area contributed by atoms with E-state index in [1.54, 1.807) is 0 Å². The lowest BCUT2D eigenvalue weighted by Gasteiger charge is -2.37. The predicted octanol–water partition coefficient (Wildman–Crippen LogP) is -0.950. The summed E-state index contributed by atoms with van der Waals surface area (Å²) in [5, 5.41) is 47.7. The van der Waals surface area contributed by atoms with Crippen molar-refractivity contribution in [3.05, 3.63) is 11.8 Å². The Bertz CT molecular complexity index is 458. The van der Waals surface area contributed by atoms with Gasteiger partial charge in [0.05, 0.1) is 12.7 Å². The first kappa shape index (κ1) is 19.6. The topological polar surface area (TPSA) is 145 Å². The fourth-order valence-corrected chi connectivity index (χ4v) is 2.56. The monoisotopic (exact) mass is 332 g/mol. The second-order valence-electron chi connectivity index (χ2n) is 6.15. The lowest BCUT2D eigenvalue weighted by Crippen LogP contribution is -2.51. The van der Waals surface area contributed by atoms with Crippen LogP contribution in [0.15, 0.2) is 11.8 Å². The van der Waals surface area contributed by atoms with Crippen molar-refractivity contribution in [2.24, 2.45) is 11.8 Å². The number of carbonyl (C=O) groups excluding carboxylic acids is 1. The zero-order valence-electron chi connectivity index (χ0n) is 13.1. The molecular formula is C15H24O8. The van der Waals surface area contributed by atoms with Crippen molar-refractivity contribution in [1.29, 1.82) is 0 Å². The van der Waals surface area contributed by atoms with Crippen LogP contribution in [-0.4, -0.2) is 68.3 Å². The Kier molecular flexibility index (Phi) is 7.14. The predicted molar refractivity (Wildman–Crippen MR) is 78.3 cm³/mol. The summed E-state index contributed by atoms with van der Waals surface area (Å²) in [4.78, 5) is 23.0. The van der Waals surface area contributed by atoms with E-state index in [0.717, 1.165) is 6.08 Å². The number of ether oxygens (including phenoxy) is 1. The first-order chi connectivity index (χ1) is 10.7. The normalized spacial score (nSPS) is 27.1. The van der Waals surface area contributed by atoms with Crippen LogP contribution in [0.25, 0.3) is 0 Å². The SMILES string of the molecule is CC(C)CC(=O)C[C@H]1C(C(O)C(O)CO)OC(C(=O)O)=C[C@H]1O. The molecule has 0 aromatic heterocycles. The van der Waals surface area contributed by atoms with E-state index in [0.29, 0.717) is 0 Å². The number of aliphatic hydroxyl groups excluding tert-OH is 4. The number of aliphatic hydroxyl groups is 4. The molecule has 8 nitrogen and oxygen atoms in total. The maximum Gasteiger partial charge on any atom is 0.370 e. The number of aliphatic carboxylic acids is 1. The molecule has 5 atom stereocenters. The Hall–Kier alpha value is -1.48. The van der Waals surface area contributed by atoms with Gasteiger partial charge in [0.15, 0.2) is 0 Å². The molecule has 0 saturated carbocycles. The smallest absolute Gasteiger partial charge is 0.370 e. The quantitative estimate of drug-likeness (QED) is 0.382. The number of carboxylic acids is 1. The Morgan fingerprint density at radius 3 is 2.39 bits per heavy atom. The highest BCUT2D eigenvalue weighted by molar-refractivity contribution is 5.84. The van der Waals surface area contributed by atoms with E-state index in [-0.39, 0.29) is 24.5 Å². The van der Waals surface area contributed by atoms with E-state index in [1.807, 2.05) is 13.8 Å². The first-order valence-electron chi connectivity index (χ1n) is 7.45. The average Bonchev–Trinajstić information content (AvgIpc) is 2.46. The molecule has 1 rings (SSSR count). The summed E-state index contributed by atoms with van der Waals surface area (Å²) in [6.45, 7) is 2.95. The fourth-order valence-electron chi connectivity index (χ4n) is 2.56. The molecule has 0 radical (unpaired) electrons. The number of carbonyl (C=O) groups is 2. The van der Waals surface area contributed by atoms with Gasteiger partial charge in [-0.2, -0.15) is 0 Å². The fraction of sp³-hybridized carbons (Fsp3) is 0.733. The van der Waals surface area contributed by atoms with E-state index in [9.17, 15) is 24.9 Å². The zero-order valence-corrected chi connectivity index (χ0v) is 13.1. The van der Waals surface area contributed by atoms with Gasteiger partial charge in [-0.05, 0) is 12.0 Å². The minimum atomic E-state index is -1.64. The first-order valence-corrected chi connectivity index (χ1v) is 7.45. The van der Waals surface area contributed by atoms with Crippen molar-refractivity contribution in [3.63, 3.8) is 0 Å².